The van der Waals surface area contributed by atoms with E-state index in [0.29, 0.717) is 0 Å². The third-order valence-electron chi connectivity index (χ3n) is 2.63. The highest BCUT2D eigenvalue weighted by Crippen LogP contribution is 1.88. The van der Waals surface area contributed by atoms with E-state index in [1.54, 1.807) is 4.90 Å². The number of aromatic amines is 1. The number of quaternary nitrogens is 2. The molecule has 2 rings (SSSR count). The third-order valence-corrected chi connectivity index (χ3v) is 2.63. The van der Waals surface area contributed by atoms with Crippen LogP contribution in [0, 0.1) is 0 Å². The zero-order chi connectivity index (χ0) is 8.93. The van der Waals surface area contributed by atoms with Crippen molar-refractivity contribution in [3.8, 4) is 0 Å². The lowest BCUT2D eigenvalue weighted by Gasteiger charge is -2.21. The van der Waals surface area contributed by atoms with Crippen molar-refractivity contribution >= 4 is 0 Å². The van der Waals surface area contributed by atoms with Gasteiger partial charge in [0.25, 0.3) is 0 Å². The average Bonchev–Trinajstić information content (AvgIpc) is 2.21. The minimum Gasteiger partial charge on any atom is -0.337 e. The first-order valence-corrected chi connectivity index (χ1v) is 5.05. The van der Waals surface area contributed by atoms with Crippen molar-refractivity contribution in [3.05, 3.63) is 30.1 Å². The Labute approximate surface area is 78.8 Å². The Balaban J connectivity index is 1.90. The molecule has 4 N–H and O–H groups in total. The Hall–Kier alpha value is -0.930. The van der Waals surface area contributed by atoms with Crippen molar-refractivity contribution in [2.45, 2.75) is 6.54 Å². The summed E-state index contributed by atoms with van der Waals surface area (Å²) in [6.07, 6.45) is 4.06. The number of piperazine rings is 1. The van der Waals surface area contributed by atoms with Crippen molar-refractivity contribution in [3.63, 3.8) is 0 Å². The van der Waals surface area contributed by atoms with Gasteiger partial charge < -0.3 is 10.2 Å². The predicted octanol–water partition coefficient (Wildman–Crippen LogP) is -2.54. The van der Waals surface area contributed by atoms with E-state index in [0.717, 1.165) is 0 Å². The van der Waals surface area contributed by atoms with Crippen molar-refractivity contribution in [1.29, 1.82) is 0 Å². The molecule has 0 aromatic carbocycles. The molecule has 2 heterocycles. The molecular formula is C10H18N3+3. The zero-order valence-electron chi connectivity index (χ0n) is 7.92. The Morgan fingerprint density at radius 3 is 2.92 bits per heavy atom. The first-order chi connectivity index (χ1) is 6.45. The molecule has 0 atom stereocenters. The summed E-state index contributed by atoms with van der Waals surface area (Å²) in [6, 6.07) is 4.27. The van der Waals surface area contributed by atoms with Crippen molar-refractivity contribution < 1.29 is 15.2 Å². The van der Waals surface area contributed by atoms with Crippen LogP contribution in [0.1, 0.15) is 5.56 Å². The molecule has 0 bridgehead atoms. The molecule has 0 saturated carbocycles. The molecule has 1 aliphatic heterocycles. The lowest BCUT2D eigenvalue weighted by atomic mass is 10.2. The van der Waals surface area contributed by atoms with Gasteiger partial charge in [-0.05, 0) is 6.07 Å². The Bertz CT molecular complexity index is 242. The van der Waals surface area contributed by atoms with Crippen LogP contribution in [0.3, 0.4) is 0 Å². The molecule has 0 unspecified atom stereocenters. The van der Waals surface area contributed by atoms with Crippen molar-refractivity contribution in [2.75, 3.05) is 26.2 Å². The van der Waals surface area contributed by atoms with Crippen LogP contribution in [-0.4, -0.2) is 26.2 Å². The van der Waals surface area contributed by atoms with Crippen LogP contribution in [0.5, 0.6) is 0 Å². The fourth-order valence-electron chi connectivity index (χ4n) is 1.89. The van der Waals surface area contributed by atoms with Crippen LogP contribution in [0.2, 0.25) is 0 Å². The molecule has 0 aliphatic carbocycles. The number of pyridine rings is 1. The van der Waals surface area contributed by atoms with Crippen LogP contribution < -0.4 is 15.2 Å². The summed E-state index contributed by atoms with van der Waals surface area (Å²) < 4.78 is 0. The first kappa shape index (κ1) is 8.66. The third kappa shape index (κ3) is 2.50. The van der Waals surface area contributed by atoms with Crippen LogP contribution in [0.4, 0.5) is 0 Å². The van der Waals surface area contributed by atoms with Gasteiger partial charge in [-0.3, -0.25) is 0 Å². The summed E-state index contributed by atoms with van der Waals surface area (Å²) in [4.78, 5) is 4.84. The highest BCUT2D eigenvalue weighted by Gasteiger charge is 2.15. The number of H-pyrrole nitrogens is 1. The summed E-state index contributed by atoms with van der Waals surface area (Å²) in [6.45, 7) is 6.34. The van der Waals surface area contributed by atoms with E-state index in [9.17, 15) is 0 Å². The van der Waals surface area contributed by atoms with E-state index in [1.165, 1.54) is 38.3 Å². The van der Waals surface area contributed by atoms with Gasteiger partial charge >= 0.3 is 0 Å². The Morgan fingerprint density at radius 1 is 1.38 bits per heavy atom. The number of nitrogens with two attached hydrogens (primary N) is 1. The highest BCUT2D eigenvalue weighted by molar-refractivity contribution is 5.02. The lowest BCUT2D eigenvalue weighted by Crippen LogP contribution is -3.19. The second kappa shape index (κ2) is 4.35. The second-order valence-electron chi connectivity index (χ2n) is 3.70. The molecule has 0 amide bonds. The smallest absolute Gasteiger partial charge is 0.175 e. The van der Waals surface area contributed by atoms with E-state index in [1.807, 2.05) is 6.20 Å². The highest BCUT2D eigenvalue weighted by atomic mass is 15.2. The molecule has 1 aliphatic rings. The van der Waals surface area contributed by atoms with Gasteiger partial charge in [0, 0.05) is 6.07 Å². The molecular weight excluding hydrogens is 162 g/mol. The monoisotopic (exact) mass is 180 g/mol. The van der Waals surface area contributed by atoms with Gasteiger partial charge in [0.1, 0.15) is 32.7 Å². The van der Waals surface area contributed by atoms with Crippen molar-refractivity contribution in [2.24, 2.45) is 0 Å². The molecule has 0 radical (unpaired) electrons. The summed E-state index contributed by atoms with van der Waals surface area (Å²) >= 11 is 0. The van der Waals surface area contributed by atoms with Crippen molar-refractivity contribution in [1.82, 2.24) is 0 Å². The topological polar surface area (TPSA) is 35.2 Å². The van der Waals surface area contributed by atoms with Crippen LogP contribution >= 0.6 is 0 Å². The maximum atomic E-state index is 3.13. The van der Waals surface area contributed by atoms with Gasteiger partial charge in [0.05, 0.1) is 5.56 Å². The number of rotatable bonds is 2. The molecule has 1 fully saturated rings. The average molecular weight is 180 g/mol. The molecule has 13 heavy (non-hydrogen) atoms. The van der Waals surface area contributed by atoms with E-state index in [2.05, 4.69) is 28.6 Å². The zero-order valence-corrected chi connectivity index (χ0v) is 7.92. The maximum absolute atomic E-state index is 3.13. The fourth-order valence-corrected chi connectivity index (χ4v) is 1.89. The minimum absolute atomic E-state index is 1.17. The van der Waals surface area contributed by atoms with Crippen LogP contribution in [0.25, 0.3) is 0 Å². The summed E-state index contributed by atoms with van der Waals surface area (Å²) in [5, 5.41) is 2.40. The molecule has 1 aromatic heterocycles. The Kier molecular flexibility index (Phi) is 2.90. The van der Waals surface area contributed by atoms with Crippen LogP contribution in [0.15, 0.2) is 24.5 Å². The maximum Gasteiger partial charge on any atom is 0.175 e. The number of hydrogen-bond acceptors (Lipinski definition) is 0. The largest absolute Gasteiger partial charge is 0.337 e. The predicted molar refractivity (Wildman–Crippen MR) is 49.1 cm³/mol. The number of hydrogen-bond donors (Lipinski definition) is 2. The fraction of sp³-hybridized carbons (Fsp3) is 0.500. The molecule has 1 aromatic rings. The second-order valence-corrected chi connectivity index (χ2v) is 3.70. The molecule has 0 spiro atoms. The number of nitrogens with one attached hydrogen (secondary N) is 2. The van der Waals surface area contributed by atoms with Gasteiger partial charge in [-0.15, -0.1) is 0 Å². The quantitative estimate of drug-likeness (QED) is 0.503. The molecule has 3 heteroatoms. The van der Waals surface area contributed by atoms with Gasteiger partial charge in [-0.1, -0.05) is 0 Å². The molecule has 1 saturated heterocycles. The van der Waals surface area contributed by atoms with Gasteiger partial charge in [0.15, 0.2) is 12.4 Å². The Morgan fingerprint density at radius 2 is 2.23 bits per heavy atom. The minimum atomic E-state index is 1.17. The normalized spacial score (nSPS) is 18.8. The summed E-state index contributed by atoms with van der Waals surface area (Å²) in [5.41, 5.74) is 1.42. The molecule has 70 valence electrons. The van der Waals surface area contributed by atoms with Gasteiger partial charge in [0.2, 0.25) is 0 Å². The summed E-state index contributed by atoms with van der Waals surface area (Å²) in [5.74, 6) is 0. The van der Waals surface area contributed by atoms with E-state index in [-0.39, 0.29) is 0 Å². The standard InChI is InChI=1S/C10H15N3/c1-2-10(8-12-3-1)9-13-6-4-11-5-7-13/h1-3,8,11H,4-7,9H2/p+3. The van der Waals surface area contributed by atoms with Gasteiger partial charge in [-0.25, -0.2) is 4.98 Å². The SMILES string of the molecule is c1c[nH+]cc(C[NH+]2CC[NH2+]CC2)c1. The van der Waals surface area contributed by atoms with E-state index < -0.39 is 0 Å². The summed E-state index contributed by atoms with van der Waals surface area (Å²) in [7, 11) is 0. The molecule has 3 nitrogen and oxygen atoms in total. The van der Waals surface area contributed by atoms with E-state index >= 15 is 0 Å². The van der Waals surface area contributed by atoms with E-state index in [4.69, 9.17) is 0 Å². The van der Waals surface area contributed by atoms with Gasteiger partial charge in [-0.2, -0.15) is 0 Å². The van der Waals surface area contributed by atoms with Crippen LogP contribution in [-0.2, 0) is 6.54 Å². The number of aromatic nitrogens is 1. The first-order valence-electron chi connectivity index (χ1n) is 5.05. The lowest BCUT2D eigenvalue weighted by molar-refractivity contribution is -0.958.